The summed E-state index contributed by atoms with van der Waals surface area (Å²) in [4.78, 5) is 11.8. The summed E-state index contributed by atoms with van der Waals surface area (Å²) in [6.45, 7) is 0. The molecule has 0 aliphatic rings. The summed E-state index contributed by atoms with van der Waals surface area (Å²) >= 11 is 2.19. The summed E-state index contributed by atoms with van der Waals surface area (Å²) in [7, 11) is 1.61. The van der Waals surface area contributed by atoms with Gasteiger partial charge in [-0.3, -0.25) is 4.79 Å². The van der Waals surface area contributed by atoms with Crippen LogP contribution in [0.15, 0.2) is 53.6 Å². The van der Waals surface area contributed by atoms with Crippen LogP contribution in [0.5, 0.6) is 5.75 Å². The molecule has 0 saturated carbocycles. The standard InChI is InChI=1S/C15H13IN2O2/c1-20-14-4-2-3-11(9-14)10-17-18-15(19)12-5-7-13(16)8-6-12/h2-10H,1H3,(H,18,19)/b17-10-. The van der Waals surface area contributed by atoms with E-state index in [1.807, 2.05) is 36.4 Å². The maximum absolute atomic E-state index is 11.8. The number of ether oxygens (including phenoxy) is 1. The Morgan fingerprint density at radius 1 is 1.25 bits per heavy atom. The molecule has 1 amide bonds. The molecule has 102 valence electrons. The van der Waals surface area contributed by atoms with E-state index >= 15 is 0 Å². The van der Waals surface area contributed by atoms with Crippen LogP contribution in [0.2, 0.25) is 0 Å². The number of amides is 1. The Balaban J connectivity index is 1.98. The molecule has 0 atom stereocenters. The molecule has 5 heteroatoms. The highest BCUT2D eigenvalue weighted by Crippen LogP contribution is 2.10. The van der Waals surface area contributed by atoms with Crippen molar-refractivity contribution in [2.24, 2.45) is 5.10 Å². The lowest BCUT2D eigenvalue weighted by molar-refractivity contribution is 0.0955. The van der Waals surface area contributed by atoms with Gasteiger partial charge < -0.3 is 4.74 Å². The third kappa shape index (κ3) is 4.06. The minimum absolute atomic E-state index is 0.236. The molecule has 0 bridgehead atoms. The minimum Gasteiger partial charge on any atom is -0.497 e. The van der Waals surface area contributed by atoms with Crippen LogP contribution < -0.4 is 10.2 Å². The fraction of sp³-hybridized carbons (Fsp3) is 0.0667. The molecule has 0 spiro atoms. The van der Waals surface area contributed by atoms with Gasteiger partial charge in [-0.05, 0) is 64.6 Å². The molecule has 0 radical (unpaired) electrons. The van der Waals surface area contributed by atoms with E-state index < -0.39 is 0 Å². The highest BCUT2D eigenvalue weighted by Gasteiger charge is 2.02. The second kappa shape index (κ2) is 7.04. The topological polar surface area (TPSA) is 50.7 Å². The van der Waals surface area contributed by atoms with Crippen molar-refractivity contribution in [2.75, 3.05) is 7.11 Å². The molecule has 0 aliphatic carbocycles. The van der Waals surface area contributed by atoms with Gasteiger partial charge in [0.2, 0.25) is 0 Å². The van der Waals surface area contributed by atoms with E-state index in [4.69, 9.17) is 4.74 Å². The third-order valence-corrected chi connectivity index (χ3v) is 3.30. The first kappa shape index (κ1) is 14.5. The molecule has 2 rings (SSSR count). The van der Waals surface area contributed by atoms with Gasteiger partial charge in [-0.25, -0.2) is 5.43 Å². The quantitative estimate of drug-likeness (QED) is 0.504. The monoisotopic (exact) mass is 380 g/mol. The lowest BCUT2D eigenvalue weighted by Gasteiger charge is -2.01. The highest BCUT2D eigenvalue weighted by molar-refractivity contribution is 14.1. The Morgan fingerprint density at radius 3 is 2.70 bits per heavy atom. The maximum Gasteiger partial charge on any atom is 0.271 e. The first-order chi connectivity index (χ1) is 9.69. The van der Waals surface area contributed by atoms with E-state index in [0.29, 0.717) is 5.56 Å². The largest absolute Gasteiger partial charge is 0.497 e. The van der Waals surface area contributed by atoms with Gasteiger partial charge in [0.15, 0.2) is 0 Å². The molecule has 1 N–H and O–H groups in total. The van der Waals surface area contributed by atoms with Crippen molar-refractivity contribution in [3.63, 3.8) is 0 Å². The zero-order chi connectivity index (χ0) is 14.4. The fourth-order valence-electron chi connectivity index (χ4n) is 1.55. The van der Waals surface area contributed by atoms with Crippen LogP contribution in [0.3, 0.4) is 0 Å². The lowest BCUT2D eigenvalue weighted by atomic mass is 10.2. The van der Waals surface area contributed by atoms with E-state index in [0.717, 1.165) is 14.9 Å². The molecule has 2 aromatic rings. The number of nitrogens with zero attached hydrogens (tertiary/aromatic N) is 1. The van der Waals surface area contributed by atoms with E-state index in [-0.39, 0.29) is 5.91 Å². The summed E-state index contributed by atoms with van der Waals surface area (Å²) in [5.74, 6) is 0.512. The maximum atomic E-state index is 11.8. The van der Waals surface area contributed by atoms with Crippen LogP contribution in [0.4, 0.5) is 0 Å². The molecule has 0 saturated heterocycles. The van der Waals surface area contributed by atoms with Crippen molar-refractivity contribution >= 4 is 34.7 Å². The second-order valence-corrected chi connectivity index (χ2v) is 5.23. The van der Waals surface area contributed by atoms with Crippen molar-refractivity contribution in [1.82, 2.24) is 5.43 Å². The van der Waals surface area contributed by atoms with Gasteiger partial charge in [-0.1, -0.05) is 12.1 Å². The van der Waals surface area contributed by atoms with Crippen LogP contribution >= 0.6 is 22.6 Å². The first-order valence-corrected chi connectivity index (χ1v) is 7.00. The van der Waals surface area contributed by atoms with Crippen LogP contribution in [0.1, 0.15) is 15.9 Å². The van der Waals surface area contributed by atoms with E-state index in [1.165, 1.54) is 0 Å². The number of hydrazone groups is 1. The smallest absolute Gasteiger partial charge is 0.271 e. The predicted molar refractivity (Wildman–Crippen MR) is 87.2 cm³/mol. The molecule has 4 nitrogen and oxygen atoms in total. The summed E-state index contributed by atoms with van der Waals surface area (Å²) < 4.78 is 6.20. The Kier molecular flexibility index (Phi) is 5.11. The van der Waals surface area contributed by atoms with Gasteiger partial charge in [0.1, 0.15) is 5.75 Å². The molecule has 0 fully saturated rings. The Morgan fingerprint density at radius 2 is 2.00 bits per heavy atom. The van der Waals surface area contributed by atoms with Crippen molar-refractivity contribution in [2.45, 2.75) is 0 Å². The fourth-order valence-corrected chi connectivity index (χ4v) is 1.91. The van der Waals surface area contributed by atoms with Gasteiger partial charge in [0.25, 0.3) is 5.91 Å². The number of rotatable bonds is 4. The predicted octanol–water partition coefficient (Wildman–Crippen LogP) is 3.06. The number of benzene rings is 2. The molecule has 0 aliphatic heterocycles. The molecular formula is C15H13IN2O2. The van der Waals surface area contributed by atoms with E-state index in [2.05, 4.69) is 33.1 Å². The zero-order valence-corrected chi connectivity index (χ0v) is 13.0. The number of hydrogen-bond acceptors (Lipinski definition) is 3. The van der Waals surface area contributed by atoms with Crippen molar-refractivity contribution in [3.8, 4) is 5.75 Å². The number of carbonyl (C=O) groups is 1. The minimum atomic E-state index is -0.236. The Hall–Kier alpha value is -1.89. The van der Waals surface area contributed by atoms with Gasteiger partial charge in [0.05, 0.1) is 13.3 Å². The summed E-state index contributed by atoms with van der Waals surface area (Å²) in [5.41, 5.74) is 3.92. The summed E-state index contributed by atoms with van der Waals surface area (Å²) in [5, 5.41) is 3.93. The first-order valence-electron chi connectivity index (χ1n) is 5.92. The van der Waals surface area contributed by atoms with Crippen LogP contribution in [-0.2, 0) is 0 Å². The van der Waals surface area contributed by atoms with Crippen molar-refractivity contribution < 1.29 is 9.53 Å². The van der Waals surface area contributed by atoms with Gasteiger partial charge in [-0.15, -0.1) is 0 Å². The average molecular weight is 380 g/mol. The molecule has 0 aromatic heterocycles. The summed E-state index contributed by atoms with van der Waals surface area (Å²) in [6.07, 6.45) is 1.58. The molecular weight excluding hydrogens is 367 g/mol. The Labute approximate surface area is 131 Å². The number of hydrogen-bond donors (Lipinski definition) is 1. The zero-order valence-electron chi connectivity index (χ0n) is 10.8. The van der Waals surface area contributed by atoms with Gasteiger partial charge in [0, 0.05) is 9.13 Å². The van der Waals surface area contributed by atoms with Gasteiger partial charge >= 0.3 is 0 Å². The summed E-state index contributed by atoms with van der Waals surface area (Å²) in [6, 6.07) is 14.7. The average Bonchev–Trinajstić information content (AvgIpc) is 2.48. The van der Waals surface area contributed by atoms with E-state index in [9.17, 15) is 4.79 Å². The van der Waals surface area contributed by atoms with Crippen molar-refractivity contribution in [1.29, 1.82) is 0 Å². The molecule has 0 heterocycles. The second-order valence-electron chi connectivity index (χ2n) is 3.98. The SMILES string of the molecule is COc1cccc(/C=N\NC(=O)c2ccc(I)cc2)c1. The molecule has 20 heavy (non-hydrogen) atoms. The van der Waals surface area contributed by atoms with E-state index in [1.54, 1.807) is 25.5 Å². The Bertz CT molecular complexity index is 624. The van der Waals surface area contributed by atoms with Crippen LogP contribution in [0, 0.1) is 3.57 Å². The van der Waals surface area contributed by atoms with Crippen molar-refractivity contribution in [3.05, 3.63) is 63.2 Å². The normalized spacial score (nSPS) is 10.5. The number of halogens is 1. The van der Waals surface area contributed by atoms with Crippen LogP contribution in [0.25, 0.3) is 0 Å². The number of nitrogens with one attached hydrogen (secondary N) is 1. The number of methoxy groups -OCH3 is 1. The highest BCUT2D eigenvalue weighted by atomic mass is 127. The van der Waals surface area contributed by atoms with Crippen LogP contribution in [-0.4, -0.2) is 19.2 Å². The third-order valence-electron chi connectivity index (χ3n) is 2.58. The molecule has 0 unspecified atom stereocenters. The lowest BCUT2D eigenvalue weighted by Crippen LogP contribution is -2.17. The molecule has 2 aromatic carbocycles. The van der Waals surface area contributed by atoms with Gasteiger partial charge in [-0.2, -0.15) is 5.10 Å². The number of carbonyl (C=O) groups excluding carboxylic acids is 1.